The molecule has 0 aliphatic carbocycles. The summed E-state index contributed by atoms with van der Waals surface area (Å²) in [6, 6.07) is 9.14. The normalized spacial score (nSPS) is 9.56. The van der Waals surface area contributed by atoms with Crippen molar-refractivity contribution in [2.45, 2.75) is 0 Å². The minimum Gasteiger partial charge on any atom is -0.314 e. The van der Waals surface area contributed by atoms with Crippen LogP contribution in [0.25, 0.3) is 0 Å². The van der Waals surface area contributed by atoms with Crippen LogP contribution >= 0.6 is 0 Å². The van der Waals surface area contributed by atoms with Crippen molar-refractivity contribution < 1.29 is 4.79 Å². The second kappa shape index (κ2) is 5.06. The van der Waals surface area contributed by atoms with Crippen molar-refractivity contribution >= 4 is 17.9 Å². The van der Waals surface area contributed by atoms with Crippen molar-refractivity contribution in [3.05, 3.63) is 47.8 Å². The Kier molecular flexibility index (Phi) is 3.30. The lowest BCUT2D eigenvalue weighted by atomic mass is 10.2. The average molecular weight is 238 g/mol. The number of rotatable bonds is 3. The zero-order valence-electron chi connectivity index (χ0n) is 9.74. The molecule has 0 N–H and O–H groups in total. The van der Waals surface area contributed by atoms with E-state index in [1.807, 2.05) is 19.2 Å². The zero-order valence-corrected chi connectivity index (χ0v) is 9.74. The summed E-state index contributed by atoms with van der Waals surface area (Å²) >= 11 is 0. The largest absolute Gasteiger partial charge is 0.314 e. The van der Waals surface area contributed by atoms with Gasteiger partial charge in [0.25, 0.3) is 0 Å². The maximum atomic E-state index is 10.5. The highest BCUT2D eigenvalue weighted by Crippen LogP contribution is 2.19. The molecule has 0 unspecified atom stereocenters. The van der Waals surface area contributed by atoms with Crippen LogP contribution in [0.2, 0.25) is 0 Å². The summed E-state index contributed by atoms with van der Waals surface area (Å²) in [5, 5.41) is 8.72. The molecule has 0 aliphatic heterocycles. The zero-order chi connectivity index (χ0) is 13.0. The molecule has 1 aromatic heterocycles. The van der Waals surface area contributed by atoms with Crippen molar-refractivity contribution in [2.24, 2.45) is 0 Å². The van der Waals surface area contributed by atoms with E-state index >= 15 is 0 Å². The van der Waals surface area contributed by atoms with Crippen molar-refractivity contribution in [1.29, 1.82) is 5.26 Å². The first-order valence-corrected chi connectivity index (χ1v) is 5.25. The van der Waals surface area contributed by atoms with Crippen LogP contribution in [0.4, 0.5) is 11.6 Å². The second-order valence-electron chi connectivity index (χ2n) is 3.65. The summed E-state index contributed by atoms with van der Waals surface area (Å²) in [6.45, 7) is 0. The minimum atomic E-state index is 0.437. The first-order valence-electron chi connectivity index (χ1n) is 5.25. The van der Waals surface area contributed by atoms with Gasteiger partial charge in [-0.3, -0.25) is 4.79 Å². The van der Waals surface area contributed by atoms with Gasteiger partial charge in [0.05, 0.1) is 17.2 Å². The van der Waals surface area contributed by atoms with Gasteiger partial charge in [0.1, 0.15) is 0 Å². The lowest BCUT2D eigenvalue weighted by Gasteiger charge is -2.16. The molecule has 0 bridgehead atoms. The molecule has 0 saturated carbocycles. The number of benzene rings is 1. The quantitative estimate of drug-likeness (QED) is 0.764. The van der Waals surface area contributed by atoms with Crippen LogP contribution in [0.5, 0.6) is 0 Å². The number of hydrogen-bond acceptors (Lipinski definition) is 5. The van der Waals surface area contributed by atoms with Crippen molar-refractivity contribution in [1.82, 2.24) is 9.97 Å². The fourth-order valence-electron chi connectivity index (χ4n) is 1.44. The molecule has 18 heavy (non-hydrogen) atoms. The number of nitrogens with zero attached hydrogens (tertiary/aromatic N) is 4. The summed E-state index contributed by atoms with van der Waals surface area (Å²) < 4.78 is 0. The Bertz CT molecular complexity index is 584. The standard InChI is InChI=1S/C13H10N4O/c1-17(12-4-2-10(6-14)3-5-12)13-15-7-11(9-18)8-16-13/h2-5,7-9H,1H3. The van der Waals surface area contributed by atoms with E-state index in [2.05, 4.69) is 16.0 Å². The molecular formula is C13H10N4O. The van der Waals surface area contributed by atoms with Crippen LogP contribution in [-0.4, -0.2) is 23.3 Å². The molecule has 5 heteroatoms. The Morgan fingerprint density at radius 2 is 1.83 bits per heavy atom. The van der Waals surface area contributed by atoms with Gasteiger partial charge in [-0.2, -0.15) is 5.26 Å². The first-order chi connectivity index (χ1) is 8.74. The van der Waals surface area contributed by atoms with Crippen LogP contribution in [0.1, 0.15) is 15.9 Å². The minimum absolute atomic E-state index is 0.437. The van der Waals surface area contributed by atoms with Gasteiger partial charge in [0.2, 0.25) is 5.95 Å². The fourth-order valence-corrected chi connectivity index (χ4v) is 1.44. The van der Waals surface area contributed by atoms with E-state index < -0.39 is 0 Å². The van der Waals surface area contributed by atoms with Crippen LogP contribution in [0, 0.1) is 11.3 Å². The third kappa shape index (κ3) is 2.33. The summed E-state index contributed by atoms with van der Waals surface area (Å²) in [4.78, 5) is 20.5. The van der Waals surface area contributed by atoms with Gasteiger partial charge in [-0.05, 0) is 24.3 Å². The highest BCUT2D eigenvalue weighted by atomic mass is 16.1. The molecule has 5 nitrogen and oxygen atoms in total. The Morgan fingerprint density at radius 1 is 1.22 bits per heavy atom. The number of anilines is 2. The van der Waals surface area contributed by atoms with Crippen LogP contribution < -0.4 is 4.90 Å². The fraction of sp³-hybridized carbons (Fsp3) is 0.0769. The lowest BCUT2D eigenvalue weighted by Crippen LogP contribution is -2.13. The molecule has 0 radical (unpaired) electrons. The predicted octanol–water partition coefficient (Wildman–Crippen LogP) is 1.93. The molecule has 0 atom stereocenters. The SMILES string of the molecule is CN(c1ccc(C#N)cc1)c1ncc(C=O)cn1. The molecule has 2 aromatic rings. The van der Waals surface area contributed by atoms with Gasteiger partial charge < -0.3 is 4.90 Å². The summed E-state index contributed by atoms with van der Waals surface area (Å²) in [5.74, 6) is 0.491. The molecule has 88 valence electrons. The molecule has 0 amide bonds. The van der Waals surface area contributed by atoms with E-state index in [0.717, 1.165) is 5.69 Å². The highest BCUT2D eigenvalue weighted by molar-refractivity contribution is 5.73. The molecule has 2 rings (SSSR count). The van der Waals surface area contributed by atoms with E-state index in [-0.39, 0.29) is 0 Å². The van der Waals surface area contributed by atoms with E-state index in [4.69, 9.17) is 5.26 Å². The van der Waals surface area contributed by atoms with Gasteiger partial charge >= 0.3 is 0 Å². The van der Waals surface area contributed by atoms with Crippen LogP contribution in [0.15, 0.2) is 36.7 Å². The Hall–Kier alpha value is -2.74. The summed E-state index contributed by atoms with van der Waals surface area (Å²) in [7, 11) is 1.82. The average Bonchev–Trinajstić information content (AvgIpc) is 2.47. The van der Waals surface area contributed by atoms with Crippen molar-refractivity contribution in [3.8, 4) is 6.07 Å². The van der Waals surface area contributed by atoms with E-state index in [1.165, 1.54) is 12.4 Å². The number of hydrogen-bond donors (Lipinski definition) is 0. The Labute approximate surface area is 104 Å². The van der Waals surface area contributed by atoms with Gasteiger partial charge in [-0.15, -0.1) is 0 Å². The number of aldehydes is 1. The highest BCUT2D eigenvalue weighted by Gasteiger charge is 2.06. The van der Waals surface area contributed by atoms with Crippen LogP contribution in [0.3, 0.4) is 0 Å². The Balaban J connectivity index is 2.26. The van der Waals surface area contributed by atoms with Crippen molar-refractivity contribution in [3.63, 3.8) is 0 Å². The maximum Gasteiger partial charge on any atom is 0.229 e. The van der Waals surface area contributed by atoms with Crippen LogP contribution in [-0.2, 0) is 0 Å². The predicted molar refractivity (Wildman–Crippen MR) is 66.6 cm³/mol. The van der Waals surface area contributed by atoms with Gasteiger partial charge in [0.15, 0.2) is 6.29 Å². The molecule has 0 spiro atoms. The monoisotopic (exact) mass is 238 g/mol. The molecule has 1 heterocycles. The molecular weight excluding hydrogens is 228 g/mol. The maximum absolute atomic E-state index is 10.5. The lowest BCUT2D eigenvalue weighted by molar-refractivity contribution is 0.112. The van der Waals surface area contributed by atoms with E-state index in [9.17, 15) is 4.79 Å². The number of carbonyl (C=O) groups excluding carboxylic acids is 1. The van der Waals surface area contributed by atoms with Gasteiger partial charge in [0, 0.05) is 25.1 Å². The molecule has 0 saturated heterocycles. The second-order valence-corrected chi connectivity index (χ2v) is 3.65. The number of nitriles is 1. The summed E-state index contributed by atoms with van der Waals surface area (Å²) in [5.41, 5.74) is 1.91. The Morgan fingerprint density at radius 3 is 2.33 bits per heavy atom. The van der Waals surface area contributed by atoms with Gasteiger partial charge in [-0.1, -0.05) is 0 Å². The number of carbonyl (C=O) groups is 1. The molecule has 0 fully saturated rings. The topological polar surface area (TPSA) is 69.9 Å². The third-order valence-electron chi connectivity index (χ3n) is 2.48. The van der Waals surface area contributed by atoms with Gasteiger partial charge in [-0.25, -0.2) is 9.97 Å². The smallest absolute Gasteiger partial charge is 0.229 e. The molecule has 0 aliphatic rings. The van der Waals surface area contributed by atoms with Crippen molar-refractivity contribution in [2.75, 3.05) is 11.9 Å². The van der Waals surface area contributed by atoms with E-state index in [1.54, 1.807) is 17.0 Å². The van der Waals surface area contributed by atoms with E-state index in [0.29, 0.717) is 23.4 Å². The third-order valence-corrected chi connectivity index (χ3v) is 2.48. The summed E-state index contributed by atoms with van der Waals surface area (Å²) in [6.07, 6.45) is 3.64. The number of aromatic nitrogens is 2. The molecule has 1 aromatic carbocycles. The first kappa shape index (κ1) is 11.7.